The van der Waals surface area contributed by atoms with Gasteiger partial charge in [-0.15, -0.1) is 0 Å². The van der Waals surface area contributed by atoms with E-state index < -0.39 is 0 Å². The van der Waals surface area contributed by atoms with Crippen LogP contribution in [0.15, 0.2) is 24.4 Å². The standard InChI is InChI=1S/C12H19N3/c1-10(12-6-2-3-8-14-12)15-11-5-4-7-13-9-11/h2-3,6,8,10-11,13,15H,4-5,7,9H2,1H3/t10-,11-/m1/s1. The molecule has 15 heavy (non-hydrogen) atoms. The first-order chi connectivity index (χ1) is 7.36. The van der Waals surface area contributed by atoms with Crippen molar-refractivity contribution in [2.75, 3.05) is 13.1 Å². The zero-order valence-corrected chi connectivity index (χ0v) is 9.24. The lowest BCUT2D eigenvalue weighted by molar-refractivity contribution is 0.359. The Labute approximate surface area is 91.3 Å². The number of nitrogens with zero attached hydrogens (tertiary/aromatic N) is 1. The Morgan fingerprint density at radius 3 is 3.13 bits per heavy atom. The summed E-state index contributed by atoms with van der Waals surface area (Å²) in [6, 6.07) is 7.01. The molecule has 1 aliphatic rings. The lowest BCUT2D eigenvalue weighted by Crippen LogP contribution is -2.44. The van der Waals surface area contributed by atoms with Crippen LogP contribution in [0.25, 0.3) is 0 Å². The van der Waals surface area contributed by atoms with Crippen LogP contribution in [0.4, 0.5) is 0 Å². The van der Waals surface area contributed by atoms with Gasteiger partial charge in [0.15, 0.2) is 0 Å². The van der Waals surface area contributed by atoms with Crippen molar-refractivity contribution in [3.8, 4) is 0 Å². The summed E-state index contributed by atoms with van der Waals surface area (Å²) < 4.78 is 0. The average Bonchev–Trinajstić information content (AvgIpc) is 2.31. The van der Waals surface area contributed by atoms with Gasteiger partial charge in [0.2, 0.25) is 0 Å². The molecule has 1 aromatic rings. The summed E-state index contributed by atoms with van der Waals surface area (Å²) in [6.45, 7) is 4.42. The normalized spacial score (nSPS) is 23.7. The highest BCUT2D eigenvalue weighted by Gasteiger charge is 2.16. The van der Waals surface area contributed by atoms with E-state index >= 15 is 0 Å². The maximum atomic E-state index is 4.36. The van der Waals surface area contributed by atoms with Gasteiger partial charge in [-0.3, -0.25) is 4.98 Å². The lowest BCUT2D eigenvalue weighted by atomic mass is 10.1. The van der Waals surface area contributed by atoms with E-state index in [-0.39, 0.29) is 0 Å². The molecule has 1 aromatic heterocycles. The minimum atomic E-state index is 0.344. The van der Waals surface area contributed by atoms with Crippen molar-refractivity contribution >= 4 is 0 Å². The second-order valence-electron chi connectivity index (χ2n) is 4.19. The van der Waals surface area contributed by atoms with Crippen LogP contribution >= 0.6 is 0 Å². The third kappa shape index (κ3) is 3.01. The van der Waals surface area contributed by atoms with Gasteiger partial charge in [-0.2, -0.15) is 0 Å². The van der Waals surface area contributed by atoms with E-state index in [1.807, 2.05) is 18.3 Å². The Bertz CT molecular complexity index is 280. The van der Waals surface area contributed by atoms with Gasteiger partial charge in [0.25, 0.3) is 0 Å². The lowest BCUT2D eigenvalue weighted by Gasteiger charge is -2.27. The average molecular weight is 205 g/mol. The summed E-state index contributed by atoms with van der Waals surface area (Å²) in [4.78, 5) is 4.36. The van der Waals surface area contributed by atoms with Crippen molar-refractivity contribution < 1.29 is 0 Å². The molecule has 0 amide bonds. The Morgan fingerprint density at radius 1 is 1.53 bits per heavy atom. The fraction of sp³-hybridized carbons (Fsp3) is 0.583. The Kier molecular flexibility index (Phi) is 3.69. The van der Waals surface area contributed by atoms with Gasteiger partial charge in [0.1, 0.15) is 0 Å². The molecule has 0 bridgehead atoms. The van der Waals surface area contributed by atoms with Crippen LogP contribution in [0.5, 0.6) is 0 Å². The molecule has 0 unspecified atom stereocenters. The second-order valence-corrected chi connectivity index (χ2v) is 4.19. The molecule has 2 heterocycles. The summed E-state index contributed by atoms with van der Waals surface area (Å²) in [5, 5.41) is 7.02. The molecule has 2 rings (SSSR count). The number of piperidine rings is 1. The predicted octanol–water partition coefficient (Wildman–Crippen LogP) is 1.48. The van der Waals surface area contributed by atoms with E-state index in [1.54, 1.807) is 0 Å². The van der Waals surface area contributed by atoms with E-state index in [0.717, 1.165) is 18.8 Å². The number of hydrogen-bond donors (Lipinski definition) is 2. The van der Waals surface area contributed by atoms with Gasteiger partial charge >= 0.3 is 0 Å². The zero-order valence-electron chi connectivity index (χ0n) is 9.24. The first-order valence-corrected chi connectivity index (χ1v) is 5.74. The molecule has 1 saturated heterocycles. The summed E-state index contributed by atoms with van der Waals surface area (Å²) >= 11 is 0. The van der Waals surface area contributed by atoms with Crippen molar-refractivity contribution in [1.82, 2.24) is 15.6 Å². The number of aromatic nitrogens is 1. The molecular formula is C12H19N3. The minimum absolute atomic E-state index is 0.344. The molecule has 3 heteroatoms. The number of pyridine rings is 1. The molecule has 2 N–H and O–H groups in total. The maximum Gasteiger partial charge on any atom is 0.0570 e. The van der Waals surface area contributed by atoms with Gasteiger partial charge in [0, 0.05) is 24.8 Å². The highest BCUT2D eigenvalue weighted by Crippen LogP contribution is 2.11. The van der Waals surface area contributed by atoms with Gasteiger partial charge < -0.3 is 10.6 Å². The highest BCUT2D eigenvalue weighted by atomic mass is 15.0. The van der Waals surface area contributed by atoms with Gasteiger partial charge in [0.05, 0.1) is 5.69 Å². The fourth-order valence-corrected chi connectivity index (χ4v) is 2.07. The molecule has 0 aliphatic carbocycles. The fourth-order valence-electron chi connectivity index (χ4n) is 2.07. The number of hydrogen-bond acceptors (Lipinski definition) is 3. The summed E-state index contributed by atoms with van der Waals surface area (Å²) in [5.41, 5.74) is 1.13. The van der Waals surface area contributed by atoms with E-state index in [4.69, 9.17) is 0 Å². The Balaban J connectivity index is 1.88. The summed E-state index contributed by atoms with van der Waals surface area (Å²) in [7, 11) is 0. The van der Waals surface area contributed by atoms with Crippen molar-refractivity contribution in [1.29, 1.82) is 0 Å². The molecule has 1 aliphatic heterocycles. The summed E-state index contributed by atoms with van der Waals surface area (Å²) in [6.07, 6.45) is 4.39. The molecule has 1 fully saturated rings. The number of nitrogens with one attached hydrogen (secondary N) is 2. The van der Waals surface area contributed by atoms with Crippen LogP contribution in [-0.4, -0.2) is 24.1 Å². The largest absolute Gasteiger partial charge is 0.315 e. The molecule has 0 spiro atoms. The third-order valence-electron chi connectivity index (χ3n) is 2.91. The summed E-state index contributed by atoms with van der Waals surface area (Å²) in [5.74, 6) is 0. The molecule has 3 nitrogen and oxygen atoms in total. The third-order valence-corrected chi connectivity index (χ3v) is 2.91. The van der Waals surface area contributed by atoms with Crippen LogP contribution in [0.2, 0.25) is 0 Å². The molecule has 82 valence electrons. The quantitative estimate of drug-likeness (QED) is 0.785. The van der Waals surface area contributed by atoms with Crippen LogP contribution in [0.3, 0.4) is 0 Å². The van der Waals surface area contributed by atoms with Crippen molar-refractivity contribution in [3.05, 3.63) is 30.1 Å². The van der Waals surface area contributed by atoms with Crippen molar-refractivity contribution in [3.63, 3.8) is 0 Å². The first kappa shape index (κ1) is 10.6. The van der Waals surface area contributed by atoms with E-state index in [0.29, 0.717) is 12.1 Å². The Hall–Kier alpha value is -0.930. The minimum Gasteiger partial charge on any atom is -0.315 e. The topological polar surface area (TPSA) is 37.0 Å². The molecule has 0 aromatic carbocycles. The molecule has 0 saturated carbocycles. The zero-order chi connectivity index (χ0) is 10.5. The van der Waals surface area contributed by atoms with E-state index in [2.05, 4.69) is 28.6 Å². The van der Waals surface area contributed by atoms with E-state index in [1.165, 1.54) is 12.8 Å². The molecular weight excluding hydrogens is 186 g/mol. The van der Waals surface area contributed by atoms with Crippen LogP contribution < -0.4 is 10.6 Å². The molecule has 2 atom stereocenters. The van der Waals surface area contributed by atoms with Gasteiger partial charge in [-0.1, -0.05) is 6.07 Å². The second kappa shape index (κ2) is 5.24. The molecule has 0 radical (unpaired) electrons. The van der Waals surface area contributed by atoms with Crippen LogP contribution in [-0.2, 0) is 0 Å². The van der Waals surface area contributed by atoms with Crippen LogP contribution in [0, 0.1) is 0 Å². The monoisotopic (exact) mass is 205 g/mol. The smallest absolute Gasteiger partial charge is 0.0570 e. The number of rotatable bonds is 3. The predicted molar refractivity (Wildman–Crippen MR) is 61.7 cm³/mol. The maximum absolute atomic E-state index is 4.36. The highest BCUT2D eigenvalue weighted by molar-refractivity contribution is 5.08. The Morgan fingerprint density at radius 2 is 2.47 bits per heavy atom. The first-order valence-electron chi connectivity index (χ1n) is 5.74. The van der Waals surface area contributed by atoms with Crippen LogP contribution in [0.1, 0.15) is 31.5 Å². The van der Waals surface area contributed by atoms with Gasteiger partial charge in [-0.25, -0.2) is 0 Å². The van der Waals surface area contributed by atoms with Crippen molar-refractivity contribution in [2.24, 2.45) is 0 Å². The van der Waals surface area contributed by atoms with E-state index in [9.17, 15) is 0 Å². The van der Waals surface area contributed by atoms with Crippen molar-refractivity contribution in [2.45, 2.75) is 31.8 Å². The van der Waals surface area contributed by atoms with Gasteiger partial charge in [-0.05, 0) is 38.4 Å². The SMILES string of the molecule is C[C@@H](N[C@@H]1CCCNC1)c1ccccn1.